The second-order valence-corrected chi connectivity index (χ2v) is 12.6. The van der Waals surface area contributed by atoms with E-state index < -0.39 is 6.04 Å². The number of allylic oxidation sites excluding steroid dienone is 1. The van der Waals surface area contributed by atoms with Crippen LogP contribution in [0, 0.1) is 5.41 Å². The Hall–Kier alpha value is -4.66. The second kappa shape index (κ2) is 12.4. The number of rotatable bonds is 7. The number of hydrogen-bond acceptors (Lipinski definition) is 8. The fourth-order valence-electron chi connectivity index (χ4n) is 6.99. The number of hydrogen-bond donors (Lipinski definition) is 1. The van der Waals surface area contributed by atoms with Gasteiger partial charge < -0.3 is 34.2 Å². The lowest BCUT2D eigenvalue weighted by Crippen LogP contribution is -2.52. The molecule has 0 spiro atoms. The van der Waals surface area contributed by atoms with Gasteiger partial charge in [-0.1, -0.05) is 44.2 Å². The third kappa shape index (κ3) is 5.79. The van der Waals surface area contributed by atoms with Crippen molar-refractivity contribution < 1.29 is 23.8 Å². The van der Waals surface area contributed by atoms with Crippen LogP contribution in [-0.2, 0) is 9.59 Å². The van der Waals surface area contributed by atoms with E-state index in [-0.39, 0.29) is 23.7 Å². The molecule has 1 fully saturated rings. The molecule has 1 unspecified atom stereocenters. The van der Waals surface area contributed by atoms with Gasteiger partial charge in [0.05, 0.1) is 45.3 Å². The average molecular weight is 611 g/mol. The number of anilines is 3. The number of piperazine rings is 1. The minimum atomic E-state index is -0.607. The van der Waals surface area contributed by atoms with Crippen molar-refractivity contribution in [3.63, 3.8) is 0 Å². The maximum absolute atomic E-state index is 14.2. The van der Waals surface area contributed by atoms with E-state index in [0.29, 0.717) is 48.8 Å². The van der Waals surface area contributed by atoms with Crippen molar-refractivity contribution in [1.29, 1.82) is 0 Å². The minimum Gasteiger partial charge on any atom is -0.493 e. The summed E-state index contributed by atoms with van der Waals surface area (Å²) in [4.78, 5) is 34.7. The molecule has 1 atom stereocenters. The van der Waals surface area contributed by atoms with Crippen molar-refractivity contribution in [1.82, 2.24) is 4.90 Å². The van der Waals surface area contributed by atoms with Crippen LogP contribution in [0.1, 0.15) is 38.3 Å². The Kier molecular flexibility index (Phi) is 8.36. The molecule has 0 radical (unpaired) electrons. The highest BCUT2D eigenvalue weighted by Crippen LogP contribution is 2.52. The molecule has 6 rings (SSSR count). The highest BCUT2D eigenvalue weighted by molar-refractivity contribution is 6.02. The molecule has 3 aromatic rings. The molecule has 1 N–H and O–H groups in total. The Bertz CT molecular complexity index is 1610. The van der Waals surface area contributed by atoms with E-state index in [4.69, 9.17) is 14.2 Å². The zero-order valence-corrected chi connectivity index (χ0v) is 26.8. The number of nitrogens with zero attached hydrogens (tertiary/aromatic N) is 3. The number of carbonyl (C=O) groups excluding carboxylic acids is 2. The van der Waals surface area contributed by atoms with Crippen LogP contribution in [0.25, 0.3) is 0 Å². The van der Waals surface area contributed by atoms with Gasteiger partial charge in [0.15, 0.2) is 17.3 Å². The van der Waals surface area contributed by atoms with Crippen LogP contribution in [-0.4, -0.2) is 70.6 Å². The molecule has 0 saturated carbocycles. The largest absolute Gasteiger partial charge is 0.493 e. The summed E-state index contributed by atoms with van der Waals surface area (Å²) >= 11 is 0. The van der Waals surface area contributed by atoms with Crippen LogP contribution in [0.5, 0.6) is 17.2 Å². The van der Waals surface area contributed by atoms with Crippen molar-refractivity contribution in [2.75, 3.05) is 69.2 Å². The molecule has 0 bridgehead atoms. The molecular weight excluding hydrogens is 568 g/mol. The van der Waals surface area contributed by atoms with E-state index in [1.54, 1.807) is 21.3 Å². The molecule has 45 heavy (non-hydrogen) atoms. The predicted octanol–water partition coefficient (Wildman–Crippen LogP) is 5.68. The first kappa shape index (κ1) is 30.4. The first-order valence-electron chi connectivity index (χ1n) is 15.5. The summed E-state index contributed by atoms with van der Waals surface area (Å²) in [6, 6.07) is 21.4. The van der Waals surface area contributed by atoms with Gasteiger partial charge in [0.25, 0.3) is 0 Å². The first-order valence-corrected chi connectivity index (χ1v) is 15.5. The summed E-state index contributed by atoms with van der Waals surface area (Å²) in [7, 11) is 4.74. The lowest BCUT2D eigenvalue weighted by Gasteiger charge is -2.40. The Labute approximate surface area is 265 Å². The summed E-state index contributed by atoms with van der Waals surface area (Å²) in [5.41, 5.74) is 4.91. The molecule has 1 amide bonds. The minimum absolute atomic E-state index is 0.00889. The van der Waals surface area contributed by atoms with Gasteiger partial charge in [-0.25, -0.2) is 0 Å². The lowest BCUT2D eigenvalue weighted by molar-refractivity contribution is -0.130. The maximum Gasteiger partial charge on any atom is 0.242 e. The molecule has 3 aliphatic rings. The summed E-state index contributed by atoms with van der Waals surface area (Å²) in [6.07, 6.45) is 1.09. The molecule has 2 heterocycles. The smallest absolute Gasteiger partial charge is 0.242 e. The molecule has 1 saturated heterocycles. The molecule has 9 nitrogen and oxygen atoms in total. The van der Waals surface area contributed by atoms with Crippen LogP contribution in [0.4, 0.5) is 17.1 Å². The second-order valence-electron chi connectivity index (χ2n) is 12.6. The summed E-state index contributed by atoms with van der Waals surface area (Å²) in [5.74, 6) is 1.50. The average Bonchev–Trinajstić information content (AvgIpc) is 3.18. The monoisotopic (exact) mass is 610 g/mol. The summed E-state index contributed by atoms with van der Waals surface area (Å²) < 4.78 is 17.4. The maximum atomic E-state index is 14.2. The Morgan fingerprint density at radius 3 is 2.22 bits per heavy atom. The number of ether oxygens (including phenoxy) is 3. The number of Topliss-reactive ketones (excluding diaryl/α,β-unsaturated/α-hetero) is 1. The third-order valence-electron chi connectivity index (χ3n) is 9.09. The molecule has 9 heteroatoms. The fraction of sp³-hybridized carbons (Fsp3) is 0.389. The van der Waals surface area contributed by atoms with E-state index in [0.717, 1.165) is 41.4 Å². The van der Waals surface area contributed by atoms with Gasteiger partial charge in [-0.15, -0.1) is 0 Å². The standard InChI is InChI=1S/C36H42N4O5/c1-36(2)21-27-32(29(41)22-36)33(25-15-16-30(43-3)35(45-5)34(25)44-4)40(28-14-10-9-13-26(28)37-27)23-31(42)39-19-17-38(18-20-39)24-11-7-6-8-12-24/h6-16,33,37H,17-23H2,1-5H3. The van der Waals surface area contributed by atoms with Gasteiger partial charge >= 0.3 is 0 Å². The van der Waals surface area contributed by atoms with Crippen molar-refractivity contribution in [2.24, 2.45) is 5.41 Å². The number of nitrogens with one attached hydrogen (secondary N) is 1. The van der Waals surface area contributed by atoms with Crippen LogP contribution in [0.15, 0.2) is 78.0 Å². The first-order chi connectivity index (χ1) is 21.7. The fourth-order valence-corrected chi connectivity index (χ4v) is 6.99. The number of fused-ring (bicyclic) bond motifs is 1. The van der Waals surface area contributed by atoms with Crippen LogP contribution in [0.3, 0.4) is 0 Å². The Morgan fingerprint density at radius 1 is 0.844 bits per heavy atom. The van der Waals surface area contributed by atoms with E-state index in [9.17, 15) is 9.59 Å². The Morgan fingerprint density at radius 2 is 1.53 bits per heavy atom. The number of methoxy groups -OCH3 is 3. The lowest BCUT2D eigenvalue weighted by atomic mass is 9.73. The van der Waals surface area contributed by atoms with Crippen LogP contribution in [0.2, 0.25) is 0 Å². The molecule has 1 aliphatic carbocycles. The van der Waals surface area contributed by atoms with Gasteiger partial charge in [0.1, 0.15) is 0 Å². The number of para-hydroxylation sites is 3. The zero-order chi connectivity index (χ0) is 31.7. The molecular formula is C36H42N4O5. The number of ketones is 1. The highest BCUT2D eigenvalue weighted by atomic mass is 16.5. The predicted molar refractivity (Wildman–Crippen MR) is 177 cm³/mol. The summed E-state index contributed by atoms with van der Waals surface area (Å²) in [5, 5.41) is 3.63. The quantitative estimate of drug-likeness (QED) is 0.366. The van der Waals surface area contributed by atoms with Crippen molar-refractivity contribution >= 4 is 28.8 Å². The van der Waals surface area contributed by atoms with Gasteiger partial charge in [0, 0.05) is 55.1 Å². The number of amides is 1. The summed E-state index contributed by atoms with van der Waals surface area (Å²) in [6.45, 7) is 7.07. The molecule has 236 valence electrons. The molecule has 0 aromatic heterocycles. The zero-order valence-electron chi connectivity index (χ0n) is 26.8. The number of carbonyl (C=O) groups is 2. The van der Waals surface area contributed by atoms with Gasteiger partial charge in [0.2, 0.25) is 11.7 Å². The van der Waals surface area contributed by atoms with E-state index in [1.807, 2.05) is 59.5 Å². The van der Waals surface area contributed by atoms with Gasteiger partial charge in [-0.05, 0) is 48.2 Å². The highest BCUT2D eigenvalue weighted by Gasteiger charge is 2.43. The third-order valence-corrected chi connectivity index (χ3v) is 9.09. The molecule has 3 aromatic carbocycles. The van der Waals surface area contributed by atoms with Gasteiger partial charge in [-0.3, -0.25) is 9.59 Å². The van der Waals surface area contributed by atoms with Crippen molar-refractivity contribution in [2.45, 2.75) is 32.7 Å². The SMILES string of the molecule is COc1ccc(C2C3=C(CC(C)(C)CC3=O)Nc3ccccc3N2CC(=O)N2CCN(c3ccccc3)CC2)c(OC)c1OC. The normalized spacial score (nSPS) is 19.3. The van der Waals surface area contributed by atoms with E-state index in [1.165, 1.54) is 0 Å². The van der Waals surface area contributed by atoms with E-state index in [2.05, 4.69) is 41.1 Å². The van der Waals surface area contributed by atoms with Crippen LogP contribution >= 0.6 is 0 Å². The van der Waals surface area contributed by atoms with E-state index >= 15 is 0 Å². The van der Waals surface area contributed by atoms with Gasteiger partial charge in [-0.2, -0.15) is 0 Å². The topological polar surface area (TPSA) is 83.6 Å². The van der Waals surface area contributed by atoms with Crippen molar-refractivity contribution in [3.05, 3.63) is 83.6 Å². The molecule has 2 aliphatic heterocycles. The van der Waals surface area contributed by atoms with Crippen LogP contribution < -0.4 is 29.3 Å². The number of benzene rings is 3. The van der Waals surface area contributed by atoms with Crippen molar-refractivity contribution in [3.8, 4) is 17.2 Å². The Balaban J connectivity index is 1.44.